The lowest BCUT2D eigenvalue weighted by Crippen LogP contribution is -2.47. The highest BCUT2D eigenvalue weighted by Gasteiger charge is 2.33. The van der Waals surface area contributed by atoms with E-state index in [0.29, 0.717) is 25.3 Å². The van der Waals surface area contributed by atoms with Gasteiger partial charge in [0.2, 0.25) is 0 Å². The van der Waals surface area contributed by atoms with Crippen molar-refractivity contribution in [2.75, 3.05) is 26.2 Å². The Balaban J connectivity index is 2.45. The van der Waals surface area contributed by atoms with Crippen molar-refractivity contribution in [3.8, 4) is 0 Å². The van der Waals surface area contributed by atoms with Gasteiger partial charge in [0.25, 0.3) is 10.2 Å². The van der Waals surface area contributed by atoms with Gasteiger partial charge in [0.15, 0.2) is 0 Å². The first-order chi connectivity index (χ1) is 8.24. The third-order valence-electron chi connectivity index (χ3n) is 2.94. The molecule has 1 aliphatic heterocycles. The van der Waals surface area contributed by atoms with Crippen LogP contribution in [0.1, 0.15) is 19.3 Å². The molecule has 0 bridgehead atoms. The summed E-state index contributed by atoms with van der Waals surface area (Å²) in [6.45, 7) is -0.489. The molecular formula is C9H18F3N3O2S. The number of nitrogens with two attached hydrogens (primary N) is 1. The summed E-state index contributed by atoms with van der Waals surface area (Å²) in [5.74, 6) is 0.365. The normalized spacial score (nSPS) is 20.2. The van der Waals surface area contributed by atoms with Gasteiger partial charge in [0, 0.05) is 13.1 Å². The number of nitrogens with zero attached hydrogens (tertiary/aromatic N) is 1. The Morgan fingerprint density at radius 2 is 1.83 bits per heavy atom. The fourth-order valence-corrected chi connectivity index (χ4v) is 3.16. The third-order valence-corrected chi connectivity index (χ3v) is 4.50. The van der Waals surface area contributed by atoms with Gasteiger partial charge in [-0.2, -0.15) is 30.6 Å². The molecule has 108 valence electrons. The van der Waals surface area contributed by atoms with Crippen molar-refractivity contribution >= 4 is 10.2 Å². The first-order valence-corrected chi connectivity index (χ1v) is 7.20. The predicted octanol–water partition coefficient (Wildman–Crippen LogP) is 0.444. The summed E-state index contributed by atoms with van der Waals surface area (Å²) in [6.07, 6.45) is -2.43. The minimum absolute atomic E-state index is 0.248. The molecule has 0 aromatic rings. The van der Waals surface area contributed by atoms with Crippen LogP contribution >= 0.6 is 0 Å². The molecular weight excluding hydrogens is 271 g/mol. The van der Waals surface area contributed by atoms with Crippen molar-refractivity contribution < 1.29 is 21.6 Å². The van der Waals surface area contributed by atoms with Gasteiger partial charge in [-0.05, 0) is 31.7 Å². The second-order valence-electron chi connectivity index (χ2n) is 4.36. The summed E-state index contributed by atoms with van der Waals surface area (Å²) in [6, 6.07) is 0. The molecule has 0 unspecified atom stereocenters. The minimum Gasteiger partial charge on any atom is -0.330 e. The molecule has 9 heteroatoms. The molecule has 0 aliphatic carbocycles. The lowest BCUT2D eigenvalue weighted by molar-refractivity contribution is -0.121. The van der Waals surface area contributed by atoms with E-state index in [1.54, 1.807) is 4.72 Å². The van der Waals surface area contributed by atoms with Crippen LogP contribution in [0.2, 0.25) is 0 Å². The summed E-state index contributed by atoms with van der Waals surface area (Å²) in [5, 5.41) is 0. The van der Waals surface area contributed by atoms with Gasteiger partial charge in [0.05, 0.1) is 0 Å². The summed E-state index contributed by atoms with van der Waals surface area (Å²) in [4.78, 5) is 0. The van der Waals surface area contributed by atoms with Gasteiger partial charge in [-0.1, -0.05) is 0 Å². The summed E-state index contributed by atoms with van der Waals surface area (Å²) in [7, 11) is -4.02. The quantitative estimate of drug-likeness (QED) is 0.771. The Bertz CT molecular complexity index is 351. The van der Waals surface area contributed by atoms with Gasteiger partial charge >= 0.3 is 6.18 Å². The Hall–Kier alpha value is -0.380. The maximum absolute atomic E-state index is 12.0. The van der Waals surface area contributed by atoms with Gasteiger partial charge in [-0.25, -0.2) is 0 Å². The van der Waals surface area contributed by atoms with Crippen molar-refractivity contribution in [1.82, 2.24) is 9.03 Å². The monoisotopic (exact) mass is 289 g/mol. The summed E-state index contributed by atoms with van der Waals surface area (Å²) < 4.78 is 61.7. The second kappa shape index (κ2) is 6.18. The number of hydrogen-bond donors (Lipinski definition) is 2. The number of alkyl halides is 3. The molecule has 1 heterocycles. The molecule has 1 saturated heterocycles. The third kappa shape index (κ3) is 5.09. The highest BCUT2D eigenvalue weighted by atomic mass is 32.2. The standard InChI is InChI=1S/C9H18F3N3O2S/c10-9(11,12)7-14-18(16,17)15-5-2-8(1-4-13)3-6-15/h8,14H,1-7,13H2. The van der Waals surface area contributed by atoms with E-state index < -0.39 is 22.9 Å². The molecule has 18 heavy (non-hydrogen) atoms. The van der Waals surface area contributed by atoms with Crippen LogP contribution in [0, 0.1) is 5.92 Å². The topological polar surface area (TPSA) is 75.4 Å². The Labute approximate surface area is 105 Å². The fourth-order valence-electron chi connectivity index (χ4n) is 1.94. The zero-order valence-corrected chi connectivity index (χ0v) is 10.7. The molecule has 0 radical (unpaired) electrons. The number of piperidine rings is 1. The summed E-state index contributed by atoms with van der Waals surface area (Å²) in [5.41, 5.74) is 5.41. The van der Waals surface area contributed by atoms with E-state index in [1.165, 1.54) is 0 Å². The van der Waals surface area contributed by atoms with Crippen LogP contribution in [0.5, 0.6) is 0 Å². The average molecular weight is 289 g/mol. The predicted molar refractivity (Wildman–Crippen MR) is 60.9 cm³/mol. The van der Waals surface area contributed by atoms with Crippen molar-refractivity contribution in [1.29, 1.82) is 0 Å². The fraction of sp³-hybridized carbons (Fsp3) is 1.00. The Kier molecular flexibility index (Phi) is 5.38. The van der Waals surface area contributed by atoms with Crippen molar-refractivity contribution in [2.45, 2.75) is 25.4 Å². The Morgan fingerprint density at radius 3 is 2.28 bits per heavy atom. The van der Waals surface area contributed by atoms with Crippen LogP contribution < -0.4 is 10.5 Å². The Morgan fingerprint density at radius 1 is 1.28 bits per heavy atom. The number of hydrogen-bond acceptors (Lipinski definition) is 3. The van der Waals surface area contributed by atoms with E-state index in [1.807, 2.05) is 0 Å². The molecule has 1 fully saturated rings. The van der Waals surface area contributed by atoms with E-state index in [-0.39, 0.29) is 13.1 Å². The molecule has 0 saturated carbocycles. The van der Waals surface area contributed by atoms with Crippen molar-refractivity contribution in [2.24, 2.45) is 11.7 Å². The number of rotatable bonds is 5. The van der Waals surface area contributed by atoms with E-state index >= 15 is 0 Å². The first kappa shape index (κ1) is 15.7. The van der Waals surface area contributed by atoms with Crippen LogP contribution in [-0.4, -0.2) is 45.1 Å². The smallest absolute Gasteiger partial charge is 0.330 e. The van der Waals surface area contributed by atoms with Crippen LogP contribution in [0.4, 0.5) is 13.2 Å². The van der Waals surface area contributed by atoms with Gasteiger partial charge in [-0.3, -0.25) is 0 Å². The van der Waals surface area contributed by atoms with Gasteiger partial charge in [0.1, 0.15) is 6.54 Å². The largest absolute Gasteiger partial charge is 0.402 e. The molecule has 0 atom stereocenters. The maximum atomic E-state index is 12.0. The minimum atomic E-state index is -4.54. The molecule has 0 aromatic heterocycles. The van der Waals surface area contributed by atoms with E-state index in [9.17, 15) is 21.6 Å². The van der Waals surface area contributed by atoms with Gasteiger partial charge in [-0.15, -0.1) is 0 Å². The molecule has 0 amide bonds. The molecule has 0 spiro atoms. The zero-order valence-electron chi connectivity index (χ0n) is 9.91. The zero-order chi connectivity index (χ0) is 13.8. The first-order valence-electron chi connectivity index (χ1n) is 5.76. The van der Waals surface area contributed by atoms with Crippen LogP contribution in [0.3, 0.4) is 0 Å². The van der Waals surface area contributed by atoms with E-state index in [4.69, 9.17) is 5.73 Å². The van der Waals surface area contributed by atoms with E-state index in [0.717, 1.165) is 10.7 Å². The lowest BCUT2D eigenvalue weighted by atomic mass is 9.95. The second-order valence-corrected chi connectivity index (χ2v) is 6.12. The van der Waals surface area contributed by atoms with Crippen LogP contribution in [-0.2, 0) is 10.2 Å². The average Bonchev–Trinajstić information content (AvgIpc) is 2.27. The van der Waals surface area contributed by atoms with Crippen molar-refractivity contribution in [3.05, 3.63) is 0 Å². The van der Waals surface area contributed by atoms with Crippen molar-refractivity contribution in [3.63, 3.8) is 0 Å². The van der Waals surface area contributed by atoms with Gasteiger partial charge < -0.3 is 5.73 Å². The number of halogens is 3. The summed E-state index contributed by atoms with van der Waals surface area (Å²) >= 11 is 0. The molecule has 1 rings (SSSR count). The molecule has 3 N–H and O–H groups in total. The highest BCUT2D eigenvalue weighted by Crippen LogP contribution is 2.21. The SMILES string of the molecule is NCCC1CCN(S(=O)(=O)NCC(F)(F)F)CC1. The molecule has 0 aromatic carbocycles. The van der Waals surface area contributed by atoms with Crippen LogP contribution in [0.25, 0.3) is 0 Å². The number of nitrogens with one attached hydrogen (secondary N) is 1. The maximum Gasteiger partial charge on any atom is 0.402 e. The van der Waals surface area contributed by atoms with E-state index in [2.05, 4.69) is 0 Å². The molecule has 1 aliphatic rings. The molecule has 5 nitrogen and oxygen atoms in total. The lowest BCUT2D eigenvalue weighted by Gasteiger charge is -2.31. The highest BCUT2D eigenvalue weighted by molar-refractivity contribution is 7.87. The van der Waals surface area contributed by atoms with Crippen LogP contribution in [0.15, 0.2) is 0 Å².